The molecule has 23 rings (SSSR count). The van der Waals surface area contributed by atoms with Crippen molar-refractivity contribution in [3.63, 3.8) is 0 Å². The Labute approximate surface area is 630 Å². The normalized spacial score (nSPS) is 12.5. The van der Waals surface area contributed by atoms with Crippen LogP contribution in [0.15, 0.2) is 394 Å². The van der Waals surface area contributed by atoms with E-state index in [1.165, 1.54) is 59.5 Å². The van der Waals surface area contributed by atoms with Gasteiger partial charge in [0.15, 0.2) is 0 Å². The van der Waals surface area contributed by atoms with Gasteiger partial charge in [-0.1, -0.05) is 273 Å². The highest BCUT2D eigenvalue weighted by atomic mass is 15.2. The number of benzene rings is 17. The fraction of sp³-hybridized carbons (Fsp3) is 0. The van der Waals surface area contributed by atoms with Crippen molar-refractivity contribution in [3.05, 3.63) is 394 Å². The van der Waals surface area contributed by atoms with Crippen LogP contribution in [0.3, 0.4) is 0 Å². The predicted molar refractivity (Wildman–Crippen MR) is 460 cm³/mol. The van der Waals surface area contributed by atoms with Gasteiger partial charge in [0.1, 0.15) is 0 Å². The molecule has 0 amide bonds. The summed E-state index contributed by atoms with van der Waals surface area (Å²) in [5.74, 6) is 0. The zero-order valence-corrected chi connectivity index (χ0v) is 59.3. The average Bonchev–Trinajstić information content (AvgIpc) is 1.38. The second kappa shape index (κ2) is 24.1. The first-order valence-electron chi connectivity index (χ1n) is 37.7. The Morgan fingerprint density at radius 1 is 0.165 bits per heavy atom. The number of rotatable bonds is 10. The number of hydrogen-bond acceptors (Lipinski definition) is 2. The minimum atomic E-state index is -0.239. The molecular weight excluding hydrogens is 1320 g/mol. The maximum Gasteiger partial charge on any atom is 0.252 e. The highest BCUT2D eigenvalue weighted by Crippen LogP contribution is 2.53. The first-order chi connectivity index (χ1) is 54.1. The summed E-state index contributed by atoms with van der Waals surface area (Å²) in [6.45, 7) is -0.239. The van der Waals surface area contributed by atoms with Crippen molar-refractivity contribution in [2.24, 2.45) is 0 Å². The van der Waals surface area contributed by atoms with Gasteiger partial charge in [-0.15, -0.1) is 0 Å². The summed E-state index contributed by atoms with van der Waals surface area (Å²) in [5.41, 5.74) is 32.8. The van der Waals surface area contributed by atoms with E-state index in [1.54, 1.807) is 0 Å². The lowest BCUT2D eigenvalue weighted by Crippen LogP contribution is -2.61. The average molecular weight is 1390 g/mol. The number of fused-ring (bicyclic) bond motifs is 16. The molecule has 0 saturated carbocycles. The summed E-state index contributed by atoms with van der Waals surface area (Å²) in [4.78, 5) is 5.28. The number of nitrogens with zero attached hydrogens (tertiary/aromatic N) is 6. The second-order valence-electron chi connectivity index (χ2n) is 29.0. The monoisotopic (exact) mass is 1380 g/mol. The van der Waals surface area contributed by atoms with Crippen LogP contribution in [-0.4, -0.2) is 25.0 Å². The molecule has 109 heavy (non-hydrogen) atoms. The van der Waals surface area contributed by atoms with E-state index in [-0.39, 0.29) is 6.71 Å². The zero-order valence-electron chi connectivity index (χ0n) is 59.3. The van der Waals surface area contributed by atoms with Crippen molar-refractivity contribution < 1.29 is 0 Å². The molecule has 7 heteroatoms. The molecule has 2 aliphatic rings. The van der Waals surface area contributed by atoms with Gasteiger partial charge in [0.05, 0.1) is 66.9 Å². The molecule has 4 aromatic heterocycles. The van der Waals surface area contributed by atoms with E-state index in [0.29, 0.717) is 0 Å². The molecule has 0 fully saturated rings. The SMILES string of the molecule is c1ccc(-c2ccc(N3c4cc(-n5c6ccccc6c6ccccc65)ccc4B4c5ccc(-n6c7ccccc7c7ccccc76)cc5N(c5ccc(-c6ccccc6)cc5-c5ccccc5-n5c6ccccc6c6ccccc65)c5cccc3c54)c(-c3ccccc3-n3c4ccccc4c4ccccc43)c2)cc1. The summed E-state index contributed by atoms with van der Waals surface area (Å²) >= 11 is 0. The Kier molecular flexibility index (Phi) is 13.5. The van der Waals surface area contributed by atoms with E-state index in [2.05, 4.69) is 422 Å². The van der Waals surface area contributed by atoms with Crippen molar-refractivity contribution in [2.45, 2.75) is 0 Å². The highest BCUT2D eigenvalue weighted by molar-refractivity contribution is 7.00. The molecule has 0 spiro atoms. The summed E-state index contributed by atoms with van der Waals surface area (Å²) in [6, 6.07) is 147. The van der Waals surface area contributed by atoms with Crippen molar-refractivity contribution >= 4 is 144 Å². The topological polar surface area (TPSA) is 26.2 Å². The van der Waals surface area contributed by atoms with Crippen LogP contribution in [0.25, 0.3) is 154 Å². The molecule has 6 heterocycles. The first kappa shape index (κ1) is 61.0. The van der Waals surface area contributed by atoms with Crippen LogP contribution in [0.5, 0.6) is 0 Å². The molecular formula is C102H65BN6. The number of aromatic nitrogens is 4. The van der Waals surface area contributed by atoms with Gasteiger partial charge in [0, 0.05) is 99.5 Å². The Bertz CT molecular complexity index is 6690. The van der Waals surface area contributed by atoms with E-state index < -0.39 is 0 Å². The third-order valence-corrected chi connectivity index (χ3v) is 23.4. The molecule has 506 valence electrons. The third kappa shape index (κ3) is 9.11. The van der Waals surface area contributed by atoms with Gasteiger partial charge >= 0.3 is 0 Å². The van der Waals surface area contributed by atoms with Gasteiger partial charge in [-0.25, -0.2) is 0 Å². The first-order valence-corrected chi connectivity index (χ1v) is 37.7. The van der Waals surface area contributed by atoms with Crippen LogP contribution in [0, 0.1) is 0 Å². The molecule has 2 aliphatic heterocycles. The minimum absolute atomic E-state index is 0.239. The number of hydrogen-bond donors (Lipinski definition) is 0. The van der Waals surface area contributed by atoms with Gasteiger partial charge < -0.3 is 28.1 Å². The van der Waals surface area contributed by atoms with Gasteiger partial charge in [-0.2, -0.15) is 0 Å². The lowest BCUT2D eigenvalue weighted by Gasteiger charge is -2.45. The largest absolute Gasteiger partial charge is 0.311 e. The van der Waals surface area contributed by atoms with Crippen LogP contribution in [0.1, 0.15) is 0 Å². The van der Waals surface area contributed by atoms with Crippen molar-refractivity contribution in [1.29, 1.82) is 0 Å². The molecule has 0 saturated heterocycles. The van der Waals surface area contributed by atoms with Crippen molar-refractivity contribution in [1.82, 2.24) is 18.3 Å². The van der Waals surface area contributed by atoms with Gasteiger partial charge in [-0.3, -0.25) is 0 Å². The minimum Gasteiger partial charge on any atom is -0.311 e. The Morgan fingerprint density at radius 3 is 0.789 bits per heavy atom. The smallest absolute Gasteiger partial charge is 0.252 e. The van der Waals surface area contributed by atoms with Crippen LogP contribution < -0.4 is 26.2 Å². The van der Waals surface area contributed by atoms with Crippen LogP contribution in [-0.2, 0) is 0 Å². The Hall–Kier alpha value is -14.4. The van der Waals surface area contributed by atoms with Crippen molar-refractivity contribution in [2.75, 3.05) is 9.80 Å². The van der Waals surface area contributed by atoms with Crippen LogP contribution in [0.4, 0.5) is 34.1 Å². The molecule has 0 N–H and O–H groups in total. The molecule has 0 bridgehead atoms. The lowest BCUT2D eigenvalue weighted by molar-refractivity contribution is 1.16. The summed E-state index contributed by atoms with van der Waals surface area (Å²) < 4.78 is 9.95. The number of anilines is 6. The Morgan fingerprint density at radius 2 is 0.450 bits per heavy atom. The molecule has 0 unspecified atom stereocenters. The standard InChI is InChI=1S/C102H65BN6/c1-3-28-66(29-4-1)68-54-60-96(82(62-68)80-40-15-25-50-94(80)106-90-46-21-11-36-76(90)77-37-12-22-47-91(77)106)108-98-52-27-53-99-102(98)103(84-58-56-70(64-100(84)108)104-86-42-17-7-32-72(86)73-33-8-18-43-87(73)104)85-59-57-71(105-88-44-19-9-34-74(88)75-35-10-20-45-89(75)105)65-101(85)109(99)97-61-55-69(67-30-5-2-6-31-67)63-83(97)81-41-16-26-51-95(81)107-92-48-23-13-38-78(92)79-39-14-24-49-93(79)107/h1-65H. The van der Waals surface area contributed by atoms with E-state index >= 15 is 0 Å². The molecule has 21 aromatic rings. The molecule has 17 aromatic carbocycles. The Balaban J connectivity index is 0.837. The summed E-state index contributed by atoms with van der Waals surface area (Å²) in [5, 5.41) is 9.75. The molecule has 0 radical (unpaired) electrons. The zero-order chi connectivity index (χ0) is 71.4. The highest BCUT2D eigenvalue weighted by Gasteiger charge is 2.45. The second-order valence-corrected chi connectivity index (χ2v) is 29.0. The van der Waals surface area contributed by atoms with E-state index in [9.17, 15) is 0 Å². The fourth-order valence-corrected chi connectivity index (χ4v) is 18.8. The van der Waals surface area contributed by atoms with E-state index in [1.807, 2.05) is 0 Å². The third-order valence-electron chi connectivity index (χ3n) is 23.4. The molecule has 0 atom stereocenters. The van der Waals surface area contributed by atoms with Gasteiger partial charge in [-0.05, 0) is 160 Å². The number of para-hydroxylation sites is 10. The molecule has 0 aliphatic carbocycles. The van der Waals surface area contributed by atoms with E-state index in [4.69, 9.17) is 0 Å². The lowest BCUT2D eigenvalue weighted by atomic mass is 9.33. The van der Waals surface area contributed by atoms with Crippen LogP contribution in [0.2, 0.25) is 0 Å². The maximum absolute atomic E-state index is 2.64. The van der Waals surface area contributed by atoms with Gasteiger partial charge in [0.2, 0.25) is 0 Å². The predicted octanol–water partition coefficient (Wildman–Crippen LogP) is 24.8. The van der Waals surface area contributed by atoms with Crippen molar-refractivity contribution in [3.8, 4) is 67.3 Å². The summed E-state index contributed by atoms with van der Waals surface area (Å²) in [7, 11) is 0. The molecule has 6 nitrogen and oxygen atoms in total. The van der Waals surface area contributed by atoms with Gasteiger partial charge in [0.25, 0.3) is 6.71 Å². The maximum atomic E-state index is 2.64. The van der Waals surface area contributed by atoms with E-state index in [0.717, 1.165) is 146 Å². The fourth-order valence-electron chi connectivity index (χ4n) is 18.8. The summed E-state index contributed by atoms with van der Waals surface area (Å²) in [6.07, 6.45) is 0. The quantitative estimate of drug-likeness (QED) is 0.128. The van der Waals surface area contributed by atoms with Crippen LogP contribution >= 0.6 is 0 Å².